The first-order valence-corrected chi connectivity index (χ1v) is 15.0. The van der Waals surface area contributed by atoms with E-state index in [0.717, 1.165) is 48.7 Å². The second-order valence-electron chi connectivity index (χ2n) is 10.1. The normalized spacial score (nSPS) is 22.2. The number of carbonyl (C=O) groups excluding carboxylic acids is 2. The van der Waals surface area contributed by atoms with Gasteiger partial charge in [0.25, 0.3) is 5.91 Å². The Morgan fingerprint density at radius 2 is 1.88 bits per heavy atom. The standard InChI is InChI=1S/C29H28FN3O8S/c30-24-9-8-21(42(36,37)32-10-14-38-15-11-32)17-23(24)29(35)41-18-26(34)33-28(25-7-3-13-40-25)22-6-1-4-19(27(22)31-33)16-20-5-2-12-39-20/h2-3,5,7-9,12-13,16-17,22,28H,1,4,6,10-11,14-15,18H2. The number of fused-ring (bicyclic) bond motifs is 1. The van der Waals surface area contributed by atoms with E-state index < -0.39 is 45.9 Å². The summed E-state index contributed by atoms with van der Waals surface area (Å²) in [6.07, 6.45) is 7.38. The van der Waals surface area contributed by atoms with Gasteiger partial charge >= 0.3 is 5.97 Å². The van der Waals surface area contributed by atoms with Crippen LogP contribution < -0.4 is 0 Å². The van der Waals surface area contributed by atoms with Crippen molar-refractivity contribution < 1.29 is 40.7 Å². The number of hydrogen-bond donors (Lipinski definition) is 0. The number of hydrogen-bond acceptors (Lipinski definition) is 9. The lowest BCUT2D eigenvalue weighted by molar-refractivity contribution is -0.137. The number of benzene rings is 1. The number of ether oxygens (including phenoxy) is 2. The third-order valence-corrected chi connectivity index (χ3v) is 9.44. The molecule has 220 valence electrons. The van der Waals surface area contributed by atoms with Gasteiger partial charge in [-0.05, 0) is 73.4 Å². The number of hydrazone groups is 1. The molecule has 2 aliphatic heterocycles. The van der Waals surface area contributed by atoms with E-state index in [0.29, 0.717) is 11.5 Å². The summed E-state index contributed by atoms with van der Waals surface area (Å²) in [6, 6.07) is 9.45. The monoisotopic (exact) mass is 597 g/mol. The van der Waals surface area contributed by atoms with E-state index in [1.54, 1.807) is 24.5 Å². The van der Waals surface area contributed by atoms with Gasteiger partial charge in [0.05, 0.1) is 41.9 Å². The molecule has 13 heteroatoms. The van der Waals surface area contributed by atoms with Gasteiger partial charge in [0.1, 0.15) is 23.4 Å². The maximum atomic E-state index is 14.7. The van der Waals surface area contributed by atoms with Crippen LogP contribution >= 0.6 is 0 Å². The van der Waals surface area contributed by atoms with E-state index in [9.17, 15) is 22.4 Å². The Balaban J connectivity index is 1.22. The van der Waals surface area contributed by atoms with Gasteiger partial charge in [-0.25, -0.2) is 22.6 Å². The van der Waals surface area contributed by atoms with Gasteiger partial charge < -0.3 is 18.3 Å². The lowest BCUT2D eigenvalue weighted by Crippen LogP contribution is -2.40. The highest BCUT2D eigenvalue weighted by atomic mass is 32.2. The van der Waals surface area contributed by atoms with Crippen LogP contribution in [0.15, 0.2) is 79.4 Å². The van der Waals surface area contributed by atoms with Crippen LogP contribution in [0, 0.1) is 11.7 Å². The van der Waals surface area contributed by atoms with Gasteiger partial charge in [0.15, 0.2) is 6.61 Å². The fourth-order valence-corrected chi connectivity index (χ4v) is 6.95. The molecule has 0 spiro atoms. The Hall–Kier alpha value is -4.07. The van der Waals surface area contributed by atoms with Crippen LogP contribution in [0.25, 0.3) is 6.08 Å². The third kappa shape index (κ3) is 5.42. The molecule has 1 aliphatic carbocycles. The minimum absolute atomic E-state index is 0.141. The van der Waals surface area contributed by atoms with E-state index in [2.05, 4.69) is 5.10 Å². The van der Waals surface area contributed by atoms with Crippen molar-refractivity contribution >= 4 is 33.7 Å². The number of sulfonamides is 1. The van der Waals surface area contributed by atoms with E-state index in [1.165, 1.54) is 15.6 Å². The van der Waals surface area contributed by atoms with Gasteiger partial charge in [-0.15, -0.1) is 0 Å². The highest BCUT2D eigenvalue weighted by Gasteiger charge is 2.45. The minimum Gasteiger partial charge on any atom is -0.467 e. The zero-order valence-electron chi connectivity index (χ0n) is 22.5. The largest absolute Gasteiger partial charge is 0.467 e. The molecular formula is C29H28FN3O8S. The van der Waals surface area contributed by atoms with Crippen molar-refractivity contribution in [3.05, 3.63) is 83.5 Å². The molecule has 42 heavy (non-hydrogen) atoms. The number of morpholine rings is 1. The first-order chi connectivity index (χ1) is 20.3. The van der Waals surface area contributed by atoms with Gasteiger partial charge in [-0.3, -0.25) is 4.79 Å². The lowest BCUT2D eigenvalue weighted by Gasteiger charge is -2.27. The molecule has 1 aromatic carbocycles. The van der Waals surface area contributed by atoms with Crippen molar-refractivity contribution in [1.82, 2.24) is 9.31 Å². The molecule has 11 nitrogen and oxygen atoms in total. The second-order valence-corrected chi connectivity index (χ2v) is 12.0. The van der Waals surface area contributed by atoms with Crippen molar-refractivity contribution in [3.8, 4) is 0 Å². The van der Waals surface area contributed by atoms with Gasteiger partial charge in [-0.2, -0.15) is 9.41 Å². The van der Waals surface area contributed by atoms with Crippen molar-refractivity contribution in [3.63, 3.8) is 0 Å². The Labute approximate surface area is 241 Å². The zero-order chi connectivity index (χ0) is 29.3. The van der Waals surface area contributed by atoms with Crippen LogP contribution in [-0.4, -0.2) is 68.2 Å². The maximum Gasteiger partial charge on any atom is 0.341 e. The van der Waals surface area contributed by atoms with Gasteiger partial charge in [0, 0.05) is 19.0 Å². The zero-order valence-corrected chi connectivity index (χ0v) is 23.3. The summed E-state index contributed by atoms with van der Waals surface area (Å²) in [5.74, 6) is -1.72. The minimum atomic E-state index is -3.98. The lowest BCUT2D eigenvalue weighted by atomic mass is 9.79. The average Bonchev–Trinajstić information content (AvgIpc) is 3.78. The number of carbonyl (C=O) groups is 2. The second kappa shape index (κ2) is 11.7. The topological polar surface area (TPSA) is 132 Å². The number of halogens is 1. The Kier molecular flexibility index (Phi) is 7.80. The predicted molar refractivity (Wildman–Crippen MR) is 146 cm³/mol. The molecule has 2 unspecified atom stereocenters. The summed E-state index contributed by atoms with van der Waals surface area (Å²) in [4.78, 5) is 26.1. The van der Waals surface area contributed by atoms with Crippen LogP contribution in [0.5, 0.6) is 0 Å². The van der Waals surface area contributed by atoms with Crippen molar-refractivity contribution in [2.75, 3.05) is 32.9 Å². The molecule has 0 bridgehead atoms. The highest BCUT2D eigenvalue weighted by Crippen LogP contribution is 2.44. The average molecular weight is 598 g/mol. The van der Waals surface area contributed by atoms with Crippen molar-refractivity contribution in [2.24, 2.45) is 11.0 Å². The van der Waals surface area contributed by atoms with Crippen molar-refractivity contribution in [1.29, 1.82) is 0 Å². The summed E-state index contributed by atoms with van der Waals surface area (Å²) >= 11 is 0. The smallest absolute Gasteiger partial charge is 0.341 e. The summed E-state index contributed by atoms with van der Waals surface area (Å²) in [5, 5.41) is 5.90. The highest BCUT2D eigenvalue weighted by molar-refractivity contribution is 7.89. The molecule has 1 saturated carbocycles. The SMILES string of the molecule is O=C(OCC(=O)N1N=C2C(=Cc3ccco3)CCCC2C1c1ccco1)c1cc(S(=O)(=O)N2CCOCC2)ccc1F. The van der Waals surface area contributed by atoms with E-state index >= 15 is 0 Å². The molecule has 0 N–H and O–H groups in total. The molecule has 1 amide bonds. The van der Waals surface area contributed by atoms with Crippen LogP contribution in [0.1, 0.15) is 47.2 Å². The molecule has 1 saturated heterocycles. The summed E-state index contributed by atoms with van der Waals surface area (Å²) in [7, 11) is -3.98. The Morgan fingerprint density at radius 1 is 1.10 bits per heavy atom. The number of allylic oxidation sites excluding steroid dienone is 1. The molecule has 3 aromatic rings. The van der Waals surface area contributed by atoms with Gasteiger partial charge in [-0.1, -0.05) is 0 Å². The number of nitrogens with zero attached hydrogens (tertiary/aromatic N) is 3. The number of amides is 1. The summed E-state index contributed by atoms with van der Waals surface area (Å²) < 4.78 is 63.4. The molecule has 2 atom stereocenters. The maximum absolute atomic E-state index is 14.7. The fraction of sp³-hybridized carbons (Fsp3) is 0.345. The van der Waals surface area contributed by atoms with Crippen molar-refractivity contribution in [2.45, 2.75) is 30.2 Å². The first-order valence-electron chi connectivity index (χ1n) is 13.6. The summed E-state index contributed by atoms with van der Waals surface area (Å²) in [5.41, 5.74) is 1.07. The van der Waals surface area contributed by atoms with E-state index in [-0.39, 0.29) is 37.1 Å². The molecule has 0 radical (unpaired) electrons. The predicted octanol–water partition coefficient (Wildman–Crippen LogP) is 4.01. The molecule has 2 aromatic heterocycles. The van der Waals surface area contributed by atoms with Crippen LogP contribution in [0.2, 0.25) is 0 Å². The quantitative estimate of drug-likeness (QED) is 0.373. The molecular weight excluding hydrogens is 569 g/mol. The van der Waals surface area contributed by atoms with E-state index in [1.807, 2.05) is 12.1 Å². The van der Waals surface area contributed by atoms with Crippen LogP contribution in [-0.2, 0) is 24.3 Å². The fourth-order valence-electron chi connectivity index (χ4n) is 5.52. The first kappa shape index (κ1) is 28.1. The van der Waals surface area contributed by atoms with Crippen LogP contribution in [0.3, 0.4) is 0 Å². The number of esters is 1. The Bertz CT molecular complexity index is 1630. The third-order valence-electron chi connectivity index (χ3n) is 7.54. The molecule has 4 heterocycles. The summed E-state index contributed by atoms with van der Waals surface area (Å²) in [6.45, 7) is 0.0120. The molecule has 3 aliphatic rings. The number of rotatable bonds is 7. The van der Waals surface area contributed by atoms with Gasteiger partial charge in [0.2, 0.25) is 10.0 Å². The molecule has 6 rings (SSSR count). The Morgan fingerprint density at radius 3 is 2.62 bits per heavy atom. The van der Waals surface area contributed by atoms with Crippen LogP contribution in [0.4, 0.5) is 4.39 Å². The van der Waals surface area contributed by atoms with E-state index in [4.69, 9.17) is 18.3 Å². The molecule has 2 fully saturated rings. The number of furan rings is 2.